The number of amides is 1. The van der Waals surface area contributed by atoms with E-state index in [1.165, 1.54) is 17.6 Å². The molecule has 0 unspecified atom stereocenters. The Morgan fingerprint density at radius 1 is 1.52 bits per heavy atom. The molecule has 3 aromatic rings. The third-order valence-electron chi connectivity index (χ3n) is 3.86. The number of aryl methyl sites for hydroxylation is 1. The van der Waals surface area contributed by atoms with E-state index in [9.17, 15) is 4.79 Å². The molecule has 3 rings (SSSR count). The van der Waals surface area contributed by atoms with Gasteiger partial charge in [-0.15, -0.1) is 17.8 Å². The van der Waals surface area contributed by atoms with Crippen LogP contribution in [0.25, 0.3) is 4.83 Å². The Kier molecular flexibility index (Phi) is 4.59. The molecule has 0 saturated carbocycles. The zero-order valence-electron chi connectivity index (χ0n) is 13.9. The number of ether oxygens (including phenoxy) is 1. The minimum Gasteiger partial charge on any atom is -0.497 e. The summed E-state index contributed by atoms with van der Waals surface area (Å²) >= 11 is 1.51. The van der Waals surface area contributed by atoms with Crippen molar-refractivity contribution in [3.63, 3.8) is 0 Å². The topological polar surface area (TPSA) is 66.6 Å². The fourth-order valence-electron chi connectivity index (χ4n) is 2.73. The quantitative estimate of drug-likeness (QED) is 0.547. The first-order chi connectivity index (χ1) is 12.1. The number of carbonyl (C=O) groups excluding carboxylic acids is 1. The first-order valence-corrected chi connectivity index (χ1v) is 8.43. The SMILES string of the molecule is C#Cc1c(C(=O)NCc2cccc(OC)c2)c(C=N)c2sc(C)cn12. The number of rotatable bonds is 5. The van der Waals surface area contributed by atoms with E-state index in [0.717, 1.165) is 21.0 Å². The van der Waals surface area contributed by atoms with Crippen molar-refractivity contribution < 1.29 is 9.53 Å². The van der Waals surface area contributed by atoms with Gasteiger partial charge in [-0.3, -0.25) is 9.20 Å². The van der Waals surface area contributed by atoms with Gasteiger partial charge in [-0.2, -0.15) is 0 Å². The van der Waals surface area contributed by atoms with E-state index in [1.807, 2.05) is 37.4 Å². The Hall–Kier alpha value is -3.04. The predicted octanol–water partition coefficient (Wildman–Crippen LogP) is 3.23. The molecular formula is C19H17N3O2S. The molecule has 2 aromatic heterocycles. The summed E-state index contributed by atoms with van der Waals surface area (Å²) in [6.45, 7) is 2.31. The van der Waals surface area contributed by atoms with Gasteiger partial charge in [-0.05, 0) is 24.6 Å². The zero-order valence-corrected chi connectivity index (χ0v) is 14.7. The smallest absolute Gasteiger partial charge is 0.255 e. The van der Waals surface area contributed by atoms with Crippen LogP contribution in [-0.2, 0) is 6.54 Å². The van der Waals surface area contributed by atoms with Crippen molar-refractivity contribution in [3.05, 3.63) is 57.7 Å². The number of methoxy groups -OCH3 is 1. The lowest BCUT2D eigenvalue weighted by Crippen LogP contribution is -2.24. The maximum Gasteiger partial charge on any atom is 0.255 e. The van der Waals surface area contributed by atoms with Crippen LogP contribution in [0.15, 0.2) is 30.5 Å². The van der Waals surface area contributed by atoms with E-state index in [1.54, 1.807) is 11.5 Å². The normalized spacial score (nSPS) is 10.4. The summed E-state index contributed by atoms with van der Waals surface area (Å²) in [6, 6.07) is 7.48. The van der Waals surface area contributed by atoms with Gasteiger partial charge in [-0.25, -0.2) is 0 Å². The van der Waals surface area contributed by atoms with Crippen LogP contribution in [0, 0.1) is 24.7 Å². The first-order valence-electron chi connectivity index (χ1n) is 7.61. The third-order valence-corrected chi connectivity index (χ3v) is 4.90. The van der Waals surface area contributed by atoms with Gasteiger partial charge in [0.15, 0.2) is 0 Å². The van der Waals surface area contributed by atoms with Gasteiger partial charge in [0.05, 0.1) is 12.7 Å². The average molecular weight is 351 g/mol. The standard InChI is InChI=1S/C19H17N3O2S/c1-4-16-17(15(9-20)19-22(16)11-12(2)25-19)18(23)21-10-13-6-5-7-14(8-13)24-3/h1,5-9,11,20H,10H2,2-3H3,(H,21,23). The van der Waals surface area contributed by atoms with E-state index in [4.69, 9.17) is 16.6 Å². The van der Waals surface area contributed by atoms with Crippen LogP contribution < -0.4 is 10.1 Å². The number of terminal acetylenes is 1. The van der Waals surface area contributed by atoms with Crippen LogP contribution in [0.3, 0.4) is 0 Å². The molecular weight excluding hydrogens is 334 g/mol. The number of fused-ring (bicyclic) bond motifs is 1. The molecule has 5 nitrogen and oxygen atoms in total. The van der Waals surface area contributed by atoms with Crippen molar-refractivity contribution in [1.82, 2.24) is 9.72 Å². The lowest BCUT2D eigenvalue weighted by molar-refractivity contribution is 0.0950. The number of benzene rings is 1. The largest absolute Gasteiger partial charge is 0.497 e. The van der Waals surface area contributed by atoms with Gasteiger partial charge in [0.1, 0.15) is 16.3 Å². The molecule has 1 aromatic carbocycles. The van der Waals surface area contributed by atoms with Crippen molar-refractivity contribution in [3.8, 4) is 18.1 Å². The van der Waals surface area contributed by atoms with Gasteiger partial charge in [0.2, 0.25) is 0 Å². The molecule has 2 heterocycles. The highest BCUT2D eigenvalue weighted by Gasteiger charge is 2.23. The first kappa shape index (κ1) is 16.8. The molecule has 0 spiro atoms. The van der Waals surface area contributed by atoms with Crippen molar-refractivity contribution in [2.45, 2.75) is 13.5 Å². The van der Waals surface area contributed by atoms with E-state index < -0.39 is 0 Å². The molecule has 25 heavy (non-hydrogen) atoms. The van der Waals surface area contributed by atoms with E-state index >= 15 is 0 Å². The number of carbonyl (C=O) groups is 1. The van der Waals surface area contributed by atoms with Crippen LogP contribution in [0.2, 0.25) is 0 Å². The maximum absolute atomic E-state index is 12.7. The predicted molar refractivity (Wildman–Crippen MR) is 100.0 cm³/mol. The summed E-state index contributed by atoms with van der Waals surface area (Å²) in [7, 11) is 1.60. The highest BCUT2D eigenvalue weighted by atomic mass is 32.1. The zero-order chi connectivity index (χ0) is 18.0. The van der Waals surface area contributed by atoms with Crippen LogP contribution in [0.5, 0.6) is 5.75 Å². The van der Waals surface area contributed by atoms with E-state index in [-0.39, 0.29) is 5.91 Å². The Bertz CT molecular complexity index is 1010. The van der Waals surface area contributed by atoms with Crippen LogP contribution in [0.1, 0.15) is 32.1 Å². The second-order valence-corrected chi connectivity index (χ2v) is 6.71. The van der Waals surface area contributed by atoms with Crippen molar-refractivity contribution >= 4 is 28.3 Å². The Morgan fingerprint density at radius 2 is 2.32 bits per heavy atom. The summed E-state index contributed by atoms with van der Waals surface area (Å²) < 4.78 is 7.00. The number of thiazole rings is 1. The number of nitrogens with one attached hydrogen (secondary N) is 2. The Morgan fingerprint density at radius 3 is 3.00 bits per heavy atom. The minimum absolute atomic E-state index is 0.289. The Balaban J connectivity index is 1.93. The molecule has 0 fully saturated rings. The van der Waals surface area contributed by atoms with Crippen LogP contribution >= 0.6 is 11.3 Å². The molecule has 0 bridgehead atoms. The summed E-state index contributed by atoms with van der Waals surface area (Å²) in [6.07, 6.45) is 8.72. The fraction of sp³-hybridized carbons (Fsp3) is 0.158. The minimum atomic E-state index is -0.289. The van der Waals surface area contributed by atoms with Crippen molar-refractivity contribution in [2.24, 2.45) is 0 Å². The number of nitrogens with zero attached hydrogens (tertiary/aromatic N) is 1. The number of aromatic nitrogens is 1. The summed E-state index contributed by atoms with van der Waals surface area (Å²) in [4.78, 5) is 14.6. The maximum atomic E-state index is 12.7. The summed E-state index contributed by atoms with van der Waals surface area (Å²) in [5, 5.41) is 10.6. The lowest BCUT2D eigenvalue weighted by Gasteiger charge is -2.07. The van der Waals surface area contributed by atoms with Gasteiger partial charge >= 0.3 is 0 Å². The molecule has 0 aliphatic rings. The highest BCUT2D eigenvalue weighted by molar-refractivity contribution is 7.17. The second-order valence-electron chi connectivity index (χ2n) is 5.48. The van der Waals surface area contributed by atoms with E-state index in [0.29, 0.717) is 23.4 Å². The average Bonchev–Trinajstić information content (AvgIpc) is 3.13. The molecule has 0 aliphatic carbocycles. The van der Waals surface area contributed by atoms with Gasteiger partial charge < -0.3 is 15.5 Å². The Labute approximate surface area is 149 Å². The van der Waals surface area contributed by atoms with Crippen LogP contribution in [-0.4, -0.2) is 23.6 Å². The fourth-order valence-corrected chi connectivity index (χ4v) is 3.71. The summed E-state index contributed by atoms with van der Waals surface area (Å²) in [5.41, 5.74) is 2.31. The number of hydrogen-bond acceptors (Lipinski definition) is 4. The second kappa shape index (κ2) is 6.83. The van der Waals surface area contributed by atoms with E-state index in [2.05, 4.69) is 11.2 Å². The van der Waals surface area contributed by atoms with Crippen molar-refractivity contribution in [2.75, 3.05) is 7.11 Å². The summed E-state index contributed by atoms with van der Waals surface area (Å²) in [5.74, 6) is 3.03. The molecule has 1 amide bonds. The molecule has 126 valence electrons. The molecule has 0 atom stereocenters. The molecule has 2 N–H and O–H groups in total. The third kappa shape index (κ3) is 3.02. The van der Waals surface area contributed by atoms with Gasteiger partial charge in [0.25, 0.3) is 5.91 Å². The van der Waals surface area contributed by atoms with Gasteiger partial charge in [-0.1, -0.05) is 18.1 Å². The number of hydrogen-bond donors (Lipinski definition) is 2. The molecule has 0 radical (unpaired) electrons. The van der Waals surface area contributed by atoms with Gasteiger partial charge in [0, 0.05) is 29.4 Å². The van der Waals surface area contributed by atoms with Crippen LogP contribution in [0.4, 0.5) is 0 Å². The molecule has 0 aliphatic heterocycles. The lowest BCUT2D eigenvalue weighted by atomic mass is 10.1. The molecule has 0 saturated heterocycles. The van der Waals surface area contributed by atoms with Crippen molar-refractivity contribution in [1.29, 1.82) is 5.41 Å². The highest BCUT2D eigenvalue weighted by Crippen LogP contribution is 2.28. The monoisotopic (exact) mass is 351 g/mol. The molecule has 6 heteroatoms.